The average Bonchev–Trinajstić information content (AvgIpc) is 1.86. The van der Waals surface area contributed by atoms with Gasteiger partial charge in [-0.3, -0.25) is 0 Å². The Hall–Kier alpha value is 0.310. The zero-order valence-electron chi connectivity index (χ0n) is 3.65. The van der Waals surface area contributed by atoms with Crippen molar-refractivity contribution < 1.29 is 0 Å². The number of hydrogen-bond acceptors (Lipinski definition) is 2. The van der Waals surface area contributed by atoms with E-state index < -0.39 is 0 Å². The summed E-state index contributed by atoms with van der Waals surface area (Å²) in [5.74, 6) is 0. The molecule has 0 aromatic rings. The lowest BCUT2D eigenvalue weighted by Gasteiger charge is -1.89. The number of rotatable bonds is 0. The molecule has 1 aliphatic rings. The third kappa shape index (κ3) is 0.884. The van der Waals surface area contributed by atoms with Gasteiger partial charge >= 0.3 is 0 Å². The van der Waals surface area contributed by atoms with E-state index in [9.17, 15) is 0 Å². The Balaban J connectivity index is 2.18. The first-order valence-corrected chi connectivity index (χ1v) is 2.80. The van der Waals surface area contributed by atoms with Crippen LogP contribution in [0.1, 0.15) is 6.42 Å². The van der Waals surface area contributed by atoms with E-state index in [1.165, 1.54) is 6.42 Å². The summed E-state index contributed by atoms with van der Waals surface area (Å²) in [6.45, 7) is 2.26. The molecule has 1 saturated heterocycles. The fraction of sp³-hybridized carbons (Fsp3) is 1.00. The van der Waals surface area contributed by atoms with Crippen molar-refractivity contribution in [1.29, 1.82) is 0 Å². The van der Waals surface area contributed by atoms with Gasteiger partial charge in [0.2, 0.25) is 0 Å². The molecule has 1 rings (SSSR count). The predicted molar refractivity (Wildman–Crippen MR) is 30.3 cm³/mol. The highest BCUT2D eigenvalue weighted by Gasteiger charge is 2.07. The predicted octanol–water partition coefficient (Wildman–Crippen LogP) is 0.278. The standard InChI is InChI=1S/C4H9NS/c6-4-1-2-5-3-4/h4-6H,1-3H2. The molecule has 1 unspecified atom stereocenters. The minimum atomic E-state index is 0.630. The topological polar surface area (TPSA) is 12.0 Å². The van der Waals surface area contributed by atoms with Gasteiger partial charge in [0.05, 0.1) is 0 Å². The van der Waals surface area contributed by atoms with Crippen LogP contribution < -0.4 is 5.32 Å². The normalized spacial score (nSPS) is 34.5. The summed E-state index contributed by atoms with van der Waals surface area (Å²) in [5.41, 5.74) is 0. The summed E-state index contributed by atoms with van der Waals surface area (Å²) < 4.78 is 0. The maximum absolute atomic E-state index is 4.23. The summed E-state index contributed by atoms with van der Waals surface area (Å²) in [7, 11) is 0. The molecule has 1 fully saturated rings. The molecular formula is C4H9NS. The highest BCUT2D eigenvalue weighted by Crippen LogP contribution is 2.02. The molecule has 0 radical (unpaired) electrons. The average molecular weight is 103 g/mol. The number of hydrogen-bond donors (Lipinski definition) is 2. The molecule has 1 atom stereocenters. The molecule has 0 amide bonds. The molecule has 0 bridgehead atoms. The van der Waals surface area contributed by atoms with Crippen molar-refractivity contribution in [2.24, 2.45) is 0 Å². The molecular weight excluding hydrogens is 94.1 g/mol. The highest BCUT2D eigenvalue weighted by atomic mass is 32.1. The van der Waals surface area contributed by atoms with Gasteiger partial charge in [-0.25, -0.2) is 0 Å². The van der Waals surface area contributed by atoms with Gasteiger partial charge < -0.3 is 5.32 Å². The fourth-order valence-electron chi connectivity index (χ4n) is 0.639. The molecule has 0 saturated carbocycles. The minimum absolute atomic E-state index is 0.630. The van der Waals surface area contributed by atoms with Crippen molar-refractivity contribution in [3.63, 3.8) is 0 Å². The Morgan fingerprint density at radius 2 is 2.50 bits per heavy atom. The molecule has 2 heteroatoms. The van der Waals surface area contributed by atoms with Gasteiger partial charge in [-0.15, -0.1) is 0 Å². The first kappa shape index (κ1) is 4.47. The van der Waals surface area contributed by atoms with Crippen LogP contribution in [0.15, 0.2) is 0 Å². The van der Waals surface area contributed by atoms with E-state index in [4.69, 9.17) is 0 Å². The number of nitrogens with one attached hydrogen (secondary N) is 1. The third-order valence-corrected chi connectivity index (χ3v) is 1.48. The Bertz CT molecular complexity index is 40.8. The van der Waals surface area contributed by atoms with E-state index in [1.807, 2.05) is 0 Å². The van der Waals surface area contributed by atoms with Crippen LogP contribution in [0.4, 0.5) is 0 Å². The fourth-order valence-corrected chi connectivity index (χ4v) is 0.898. The molecule has 0 spiro atoms. The molecule has 1 N–H and O–H groups in total. The molecule has 1 aliphatic heterocycles. The van der Waals surface area contributed by atoms with Crippen LogP contribution in [0.2, 0.25) is 0 Å². The van der Waals surface area contributed by atoms with Crippen molar-refractivity contribution in [1.82, 2.24) is 5.32 Å². The van der Waals surface area contributed by atoms with E-state index in [-0.39, 0.29) is 0 Å². The van der Waals surface area contributed by atoms with Crippen LogP contribution in [0.5, 0.6) is 0 Å². The molecule has 1 heterocycles. The second-order valence-corrected chi connectivity index (χ2v) is 2.38. The van der Waals surface area contributed by atoms with Crippen LogP contribution in [0, 0.1) is 0 Å². The van der Waals surface area contributed by atoms with Gasteiger partial charge in [0.1, 0.15) is 0 Å². The molecule has 36 valence electrons. The summed E-state index contributed by atoms with van der Waals surface area (Å²) in [4.78, 5) is 0. The Labute approximate surface area is 43.5 Å². The molecule has 0 aliphatic carbocycles. The third-order valence-electron chi connectivity index (χ3n) is 1.03. The largest absolute Gasteiger partial charge is 0.316 e. The monoisotopic (exact) mass is 103 g/mol. The van der Waals surface area contributed by atoms with Gasteiger partial charge in [-0.05, 0) is 13.0 Å². The first-order chi connectivity index (χ1) is 2.89. The minimum Gasteiger partial charge on any atom is -0.316 e. The lowest BCUT2D eigenvalue weighted by atomic mass is 10.4. The van der Waals surface area contributed by atoms with Crippen LogP contribution in [0.3, 0.4) is 0 Å². The molecule has 0 aromatic heterocycles. The Morgan fingerprint density at radius 3 is 2.67 bits per heavy atom. The zero-order valence-corrected chi connectivity index (χ0v) is 4.54. The second-order valence-electron chi connectivity index (χ2n) is 1.65. The van der Waals surface area contributed by atoms with E-state index >= 15 is 0 Å². The van der Waals surface area contributed by atoms with E-state index in [1.54, 1.807) is 0 Å². The van der Waals surface area contributed by atoms with Crippen LogP contribution in [0.25, 0.3) is 0 Å². The van der Waals surface area contributed by atoms with Crippen molar-refractivity contribution in [2.75, 3.05) is 13.1 Å². The van der Waals surface area contributed by atoms with Crippen LogP contribution >= 0.6 is 12.6 Å². The van der Waals surface area contributed by atoms with Crippen molar-refractivity contribution >= 4 is 12.6 Å². The summed E-state index contributed by atoms with van der Waals surface area (Å²) in [6, 6.07) is 0. The smallest absolute Gasteiger partial charge is 0.0154 e. The van der Waals surface area contributed by atoms with Gasteiger partial charge in [0, 0.05) is 11.8 Å². The molecule has 1 nitrogen and oxygen atoms in total. The van der Waals surface area contributed by atoms with Gasteiger partial charge in [-0.1, -0.05) is 0 Å². The lowest BCUT2D eigenvalue weighted by molar-refractivity contribution is 0.859. The van der Waals surface area contributed by atoms with Gasteiger partial charge in [0.15, 0.2) is 0 Å². The van der Waals surface area contributed by atoms with Crippen molar-refractivity contribution in [3.8, 4) is 0 Å². The quantitative estimate of drug-likeness (QED) is 0.420. The van der Waals surface area contributed by atoms with E-state index in [2.05, 4.69) is 17.9 Å². The highest BCUT2D eigenvalue weighted by molar-refractivity contribution is 7.81. The first-order valence-electron chi connectivity index (χ1n) is 2.28. The molecule has 0 aromatic carbocycles. The summed E-state index contributed by atoms with van der Waals surface area (Å²) in [5, 5.41) is 3.83. The SMILES string of the molecule is SC1CCNC1. The Kier molecular flexibility index (Phi) is 1.37. The van der Waals surface area contributed by atoms with Gasteiger partial charge in [-0.2, -0.15) is 12.6 Å². The summed E-state index contributed by atoms with van der Waals surface area (Å²) >= 11 is 4.23. The van der Waals surface area contributed by atoms with E-state index in [0.717, 1.165) is 13.1 Å². The van der Waals surface area contributed by atoms with Crippen LogP contribution in [-0.4, -0.2) is 18.3 Å². The summed E-state index contributed by atoms with van der Waals surface area (Å²) in [6.07, 6.45) is 1.24. The maximum Gasteiger partial charge on any atom is 0.0154 e. The Morgan fingerprint density at radius 1 is 1.67 bits per heavy atom. The zero-order chi connectivity index (χ0) is 4.41. The second kappa shape index (κ2) is 1.85. The maximum atomic E-state index is 4.23. The lowest BCUT2D eigenvalue weighted by Crippen LogP contribution is -2.07. The molecule has 6 heavy (non-hydrogen) atoms. The van der Waals surface area contributed by atoms with Crippen LogP contribution in [-0.2, 0) is 0 Å². The van der Waals surface area contributed by atoms with Crippen molar-refractivity contribution in [3.05, 3.63) is 0 Å². The van der Waals surface area contributed by atoms with E-state index in [0.29, 0.717) is 5.25 Å². The van der Waals surface area contributed by atoms with Gasteiger partial charge in [0.25, 0.3) is 0 Å². The number of thiol groups is 1. The van der Waals surface area contributed by atoms with Crippen molar-refractivity contribution in [2.45, 2.75) is 11.7 Å².